The standard InChI is InChI=1S/C13H21N3O2/c1-16(9-11(15)7-14)8-10-2-3-12-13(6-10)18-5-4-17-12/h2-3,6,11H,4-5,7-9,14-15H2,1H3. The molecular weight excluding hydrogens is 230 g/mol. The second-order valence-electron chi connectivity index (χ2n) is 4.67. The van der Waals surface area contributed by atoms with Crippen LogP contribution >= 0.6 is 0 Å². The average molecular weight is 251 g/mol. The zero-order valence-electron chi connectivity index (χ0n) is 10.8. The first kappa shape index (κ1) is 13.1. The molecule has 1 heterocycles. The molecule has 0 saturated heterocycles. The fourth-order valence-electron chi connectivity index (χ4n) is 2.04. The summed E-state index contributed by atoms with van der Waals surface area (Å²) in [7, 11) is 2.03. The number of likely N-dealkylation sites (N-methyl/N-ethyl adjacent to an activating group) is 1. The van der Waals surface area contributed by atoms with E-state index in [-0.39, 0.29) is 6.04 Å². The van der Waals surface area contributed by atoms with Crippen LogP contribution in [0.15, 0.2) is 18.2 Å². The molecule has 100 valence electrons. The Kier molecular flexibility index (Phi) is 4.41. The molecule has 1 aliphatic rings. The third kappa shape index (κ3) is 3.35. The topological polar surface area (TPSA) is 73.7 Å². The molecule has 0 saturated carbocycles. The molecule has 0 bridgehead atoms. The van der Waals surface area contributed by atoms with Crippen LogP contribution in [0.4, 0.5) is 0 Å². The van der Waals surface area contributed by atoms with Crippen molar-refractivity contribution >= 4 is 0 Å². The van der Waals surface area contributed by atoms with Gasteiger partial charge in [0.25, 0.3) is 0 Å². The summed E-state index contributed by atoms with van der Waals surface area (Å²) >= 11 is 0. The van der Waals surface area contributed by atoms with Gasteiger partial charge in [-0.1, -0.05) is 6.07 Å². The Hall–Kier alpha value is -1.30. The lowest BCUT2D eigenvalue weighted by Crippen LogP contribution is -2.40. The summed E-state index contributed by atoms with van der Waals surface area (Å²) in [4.78, 5) is 2.16. The van der Waals surface area contributed by atoms with Gasteiger partial charge in [0.2, 0.25) is 0 Å². The van der Waals surface area contributed by atoms with Gasteiger partial charge in [0, 0.05) is 25.7 Å². The zero-order chi connectivity index (χ0) is 13.0. The number of nitrogens with zero attached hydrogens (tertiary/aromatic N) is 1. The highest BCUT2D eigenvalue weighted by atomic mass is 16.6. The molecule has 2 rings (SSSR count). The Morgan fingerprint density at radius 2 is 2.00 bits per heavy atom. The van der Waals surface area contributed by atoms with Crippen molar-refractivity contribution in [3.8, 4) is 11.5 Å². The molecule has 1 atom stereocenters. The summed E-state index contributed by atoms with van der Waals surface area (Å²) in [6, 6.07) is 6.06. The average Bonchev–Trinajstić information content (AvgIpc) is 2.38. The number of ether oxygens (including phenoxy) is 2. The highest BCUT2D eigenvalue weighted by Gasteiger charge is 2.12. The van der Waals surface area contributed by atoms with Gasteiger partial charge in [-0.25, -0.2) is 0 Å². The molecule has 0 amide bonds. The maximum atomic E-state index is 5.83. The lowest BCUT2D eigenvalue weighted by Gasteiger charge is -2.22. The van der Waals surface area contributed by atoms with E-state index in [1.54, 1.807) is 0 Å². The molecule has 5 heteroatoms. The molecule has 0 fully saturated rings. The molecule has 18 heavy (non-hydrogen) atoms. The van der Waals surface area contributed by atoms with Gasteiger partial charge in [-0.3, -0.25) is 0 Å². The van der Waals surface area contributed by atoms with Crippen LogP contribution in [-0.4, -0.2) is 44.3 Å². The van der Waals surface area contributed by atoms with Gasteiger partial charge in [0.1, 0.15) is 13.2 Å². The maximum Gasteiger partial charge on any atom is 0.161 e. The lowest BCUT2D eigenvalue weighted by atomic mass is 10.1. The van der Waals surface area contributed by atoms with E-state index in [1.165, 1.54) is 5.56 Å². The molecular formula is C13H21N3O2. The van der Waals surface area contributed by atoms with E-state index in [1.807, 2.05) is 19.2 Å². The first-order chi connectivity index (χ1) is 8.69. The van der Waals surface area contributed by atoms with Crippen LogP contribution in [0.1, 0.15) is 5.56 Å². The quantitative estimate of drug-likeness (QED) is 0.780. The number of rotatable bonds is 5. The van der Waals surface area contributed by atoms with Gasteiger partial charge >= 0.3 is 0 Å². The van der Waals surface area contributed by atoms with Gasteiger partial charge in [-0.15, -0.1) is 0 Å². The Balaban J connectivity index is 1.97. The number of nitrogens with two attached hydrogens (primary N) is 2. The molecule has 0 spiro atoms. The molecule has 1 unspecified atom stereocenters. The second-order valence-corrected chi connectivity index (χ2v) is 4.67. The third-order valence-corrected chi connectivity index (χ3v) is 2.91. The fourth-order valence-corrected chi connectivity index (χ4v) is 2.04. The second kappa shape index (κ2) is 6.04. The van der Waals surface area contributed by atoms with Crippen molar-refractivity contribution in [3.05, 3.63) is 23.8 Å². The monoisotopic (exact) mass is 251 g/mol. The molecule has 1 aromatic rings. The first-order valence-electron chi connectivity index (χ1n) is 6.21. The summed E-state index contributed by atoms with van der Waals surface area (Å²) in [5.41, 5.74) is 12.5. The predicted molar refractivity (Wildman–Crippen MR) is 70.8 cm³/mol. The highest BCUT2D eigenvalue weighted by molar-refractivity contribution is 5.43. The van der Waals surface area contributed by atoms with Gasteiger partial charge in [-0.2, -0.15) is 0 Å². The van der Waals surface area contributed by atoms with Crippen LogP contribution in [0.5, 0.6) is 11.5 Å². The smallest absolute Gasteiger partial charge is 0.161 e. The van der Waals surface area contributed by atoms with Crippen LogP contribution < -0.4 is 20.9 Å². The SMILES string of the molecule is CN(Cc1ccc2c(c1)OCCO2)CC(N)CN. The largest absolute Gasteiger partial charge is 0.486 e. The fraction of sp³-hybridized carbons (Fsp3) is 0.538. The first-order valence-corrected chi connectivity index (χ1v) is 6.21. The van der Waals surface area contributed by atoms with Crippen molar-refractivity contribution in [2.75, 3.05) is 33.4 Å². The van der Waals surface area contributed by atoms with E-state index in [4.69, 9.17) is 20.9 Å². The van der Waals surface area contributed by atoms with Crippen LogP contribution in [0, 0.1) is 0 Å². The molecule has 1 aliphatic heterocycles. The number of fused-ring (bicyclic) bond motifs is 1. The van der Waals surface area contributed by atoms with Gasteiger partial charge < -0.3 is 25.8 Å². The van der Waals surface area contributed by atoms with E-state index in [0.717, 1.165) is 24.6 Å². The highest BCUT2D eigenvalue weighted by Crippen LogP contribution is 2.30. The van der Waals surface area contributed by atoms with Crippen molar-refractivity contribution in [3.63, 3.8) is 0 Å². The molecule has 4 N–H and O–H groups in total. The van der Waals surface area contributed by atoms with E-state index < -0.39 is 0 Å². The normalized spacial score (nSPS) is 15.8. The van der Waals surface area contributed by atoms with Crippen LogP contribution in [0.25, 0.3) is 0 Å². The van der Waals surface area contributed by atoms with Crippen LogP contribution in [0.2, 0.25) is 0 Å². The van der Waals surface area contributed by atoms with Gasteiger partial charge in [0.15, 0.2) is 11.5 Å². The molecule has 0 radical (unpaired) electrons. The summed E-state index contributed by atoms with van der Waals surface area (Å²) in [6.07, 6.45) is 0. The van der Waals surface area contributed by atoms with Crippen molar-refractivity contribution in [2.24, 2.45) is 11.5 Å². The molecule has 0 aromatic heterocycles. The van der Waals surface area contributed by atoms with Crippen molar-refractivity contribution in [2.45, 2.75) is 12.6 Å². The van der Waals surface area contributed by atoms with Crippen molar-refractivity contribution in [1.82, 2.24) is 4.90 Å². The summed E-state index contributed by atoms with van der Waals surface area (Å²) in [6.45, 7) is 3.35. The number of benzene rings is 1. The van der Waals surface area contributed by atoms with Crippen molar-refractivity contribution in [1.29, 1.82) is 0 Å². The molecule has 0 aliphatic carbocycles. The van der Waals surface area contributed by atoms with Gasteiger partial charge in [0.05, 0.1) is 0 Å². The van der Waals surface area contributed by atoms with E-state index in [0.29, 0.717) is 19.8 Å². The maximum absolute atomic E-state index is 5.83. The van der Waals surface area contributed by atoms with Crippen LogP contribution in [-0.2, 0) is 6.54 Å². The molecule has 5 nitrogen and oxygen atoms in total. The summed E-state index contributed by atoms with van der Waals surface area (Å²) in [5, 5.41) is 0. The van der Waals surface area contributed by atoms with Gasteiger partial charge in [-0.05, 0) is 24.7 Å². The van der Waals surface area contributed by atoms with Crippen molar-refractivity contribution < 1.29 is 9.47 Å². The van der Waals surface area contributed by atoms with E-state index >= 15 is 0 Å². The number of hydrogen-bond acceptors (Lipinski definition) is 5. The predicted octanol–water partition coefficient (Wildman–Crippen LogP) is 0.176. The minimum absolute atomic E-state index is 0.0206. The summed E-state index contributed by atoms with van der Waals surface area (Å²) in [5.74, 6) is 1.65. The minimum Gasteiger partial charge on any atom is -0.486 e. The summed E-state index contributed by atoms with van der Waals surface area (Å²) < 4.78 is 11.0. The van der Waals surface area contributed by atoms with E-state index in [9.17, 15) is 0 Å². The lowest BCUT2D eigenvalue weighted by molar-refractivity contribution is 0.171. The third-order valence-electron chi connectivity index (χ3n) is 2.91. The Labute approximate surface area is 108 Å². The molecule has 1 aromatic carbocycles. The minimum atomic E-state index is 0.0206. The Morgan fingerprint density at radius 1 is 1.28 bits per heavy atom. The van der Waals surface area contributed by atoms with E-state index in [2.05, 4.69) is 11.0 Å². The van der Waals surface area contributed by atoms with Crippen LogP contribution in [0.3, 0.4) is 0 Å². The Bertz CT molecular complexity index is 398. The zero-order valence-corrected chi connectivity index (χ0v) is 10.8. The number of hydrogen-bond donors (Lipinski definition) is 2. The Morgan fingerprint density at radius 3 is 2.72 bits per heavy atom.